The molecule has 1 aliphatic carbocycles. The summed E-state index contributed by atoms with van der Waals surface area (Å²) in [7, 11) is 0. The fraction of sp³-hybridized carbons (Fsp3) is 0.161. The van der Waals surface area contributed by atoms with Crippen molar-refractivity contribution in [3.05, 3.63) is 121 Å². The number of carbonyl (C=O) groups excluding carboxylic acids is 2. The van der Waals surface area contributed by atoms with Gasteiger partial charge in [0, 0.05) is 44.6 Å². The number of rotatable bonds is 8. The fourth-order valence-corrected chi connectivity index (χ4v) is 6.43. The van der Waals surface area contributed by atoms with Crippen LogP contribution >= 0.6 is 69.6 Å². The topological polar surface area (TPSA) is 70.2 Å². The van der Waals surface area contributed by atoms with Crippen molar-refractivity contribution >= 4 is 98.5 Å². The first-order chi connectivity index (χ1) is 19.9. The molecule has 4 aromatic rings. The van der Waals surface area contributed by atoms with Gasteiger partial charge in [-0.05, 0) is 90.3 Å². The van der Waals surface area contributed by atoms with E-state index in [0.29, 0.717) is 38.6 Å². The Morgan fingerprint density at radius 2 is 1.43 bits per heavy atom. The number of carbonyl (C=O) groups is 2. The zero-order valence-electron chi connectivity index (χ0n) is 22.0. The molecule has 11 heteroatoms. The van der Waals surface area contributed by atoms with Gasteiger partial charge in [-0.2, -0.15) is 0 Å². The number of benzene rings is 4. The Morgan fingerprint density at radius 3 is 2.10 bits per heavy atom. The molecule has 1 saturated carbocycles. The standard InChI is InChI=1S/C31H23Cl6N3O2/c1-16-10-22(38-15-17-2-4-19(32)5-3-17)7-9-26(16)40-29(41)24-14-23(6-8-25(24)35)39-30(42)28-27(31(28,36)37)18-11-20(33)13-21(34)12-18/h2-14,27-28,38H,15H2,1H3,(H,39,42)(H,40,41). The molecule has 2 atom stereocenters. The van der Waals surface area contributed by atoms with E-state index < -0.39 is 28.0 Å². The lowest BCUT2D eigenvalue weighted by Gasteiger charge is -2.13. The average molecular weight is 682 g/mol. The number of hydrogen-bond donors (Lipinski definition) is 3. The molecule has 5 rings (SSSR count). The number of hydrogen-bond acceptors (Lipinski definition) is 3. The third-order valence-electron chi connectivity index (χ3n) is 6.94. The lowest BCUT2D eigenvalue weighted by molar-refractivity contribution is -0.117. The maximum Gasteiger partial charge on any atom is 0.257 e. The van der Waals surface area contributed by atoms with Crippen molar-refractivity contribution in [3.63, 3.8) is 0 Å². The summed E-state index contributed by atoms with van der Waals surface area (Å²) in [6.07, 6.45) is 0. The van der Waals surface area contributed by atoms with Crippen molar-refractivity contribution in [1.29, 1.82) is 0 Å². The van der Waals surface area contributed by atoms with Crippen molar-refractivity contribution in [1.82, 2.24) is 0 Å². The first-order valence-corrected chi connectivity index (χ1v) is 15.0. The second kappa shape index (κ2) is 12.5. The van der Waals surface area contributed by atoms with E-state index in [1.165, 1.54) is 6.07 Å². The van der Waals surface area contributed by atoms with Gasteiger partial charge >= 0.3 is 0 Å². The Bertz CT molecular complexity index is 1660. The molecular formula is C31H23Cl6N3O2. The average Bonchev–Trinajstić information content (AvgIpc) is 3.52. The highest BCUT2D eigenvalue weighted by Gasteiger charge is 2.67. The van der Waals surface area contributed by atoms with Gasteiger partial charge in [-0.25, -0.2) is 0 Å². The maximum absolute atomic E-state index is 13.2. The number of halogens is 6. The highest BCUT2D eigenvalue weighted by Crippen LogP contribution is 2.65. The lowest BCUT2D eigenvalue weighted by Crippen LogP contribution is -2.18. The Hall–Kier alpha value is -2.64. The summed E-state index contributed by atoms with van der Waals surface area (Å²) in [6.45, 7) is 2.52. The molecule has 2 amide bonds. The Labute approximate surface area is 273 Å². The predicted molar refractivity (Wildman–Crippen MR) is 175 cm³/mol. The van der Waals surface area contributed by atoms with E-state index in [2.05, 4.69) is 16.0 Å². The molecule has 4 aromatic carbocycles. The summed E-state index contributed by atoms with van der Waals surface area (Å²) in [5.74, 6) is -2.09. The first-order valence-electron chi connectivity index (χ1n) is 12.8. The van der Waals surface area contributed by atoms with Crippen molar-refractivity contribution in [3.8, 4) is 0 Å². The molecule has 0 radical (unpaired) electrons. The molecule has 0 spiro atoms. The summed E-state index contributed by atoms with van der Waals surface area (Å²) < 4.78 is -1.34. The summed E-state index contributed by atoms with van der Waals surface area (Å²) in [5, 5.41) is 10.8. The van der Waals surface area contributed by atoms with Crippen LogP contribution in [-0.2, 0) is 11.3 Å². The molecular weight excluding hydrogens is 659 g/mol. The minimum Gasteiger partial charge on any atom is -0.381 e. The summed E-state index contributed by atoms with van der Waals surface area (Å²) in [4.78, 5) is 26.3. The monoisotopic (exact) mass is 679 g/mol. The number of alkyl halides is 2. The molecule has 0 bridgehead atoms. The normalized spacial score (nSPS) is 16.9. The maximum atomic E-state index is 13.2. The SMILES string of the molecule is Cc1cc(NCc2ccc(Cl)cc2)ccc1NC(=O)c1cc(NC(=O)C2C(c3cc(Cl)cc(Cl)c3)C2(Cl)Cl)ccc1Cl. The molecule has 0 saturated heterocycles. The van der Waals surface area contributed by atoms with Crippen LogP contribution in [0.25, 0.3) is 0 Å². The molecule has 5 nitrogen and oxygen atoms in total. The summed E-state index contributed by atoms with van der Waals surface area (Å²) >= 11 is 37.5. The number of anilines is 3. The van der Waals surface area contributed by atoms with Crippen LogP contribution in [0.15, 0.2) is 78.9 Å². The van der Waals surface area contributed by atoms with Gasteiger partial charge in [-0.3, -0.25) is 9.59 Å². The van der Waals surface area contributed by atoms with E-state index >= 15 is 0 Å². The predicted octanol–water partition coefficient (Wildman–Crippen LogP) is 10.00. The third-order valence-corrected chi connectivity index (χ3v) is 8.90. The number of nitrogens with one attached hydrogen (secondary N) is 3. The van der Waals surface area contributed by atoms with Crippen LogP contribution in [0.5, 0.6) is 0 Å². The van der Waals surface area contributed by atoms with E-state index in [9.17, 15) is 9.59 Å². The van der Waals surface area contributed by atoms with E-state index in [1.54, 1.807) is 30.3 Å². The Morgan fingerprint density at radius 1 is 0.762 bits per heavy atom. The first kappa shape index (κ1) is 30.8. The summed E-state index contributed by atoms with van der Waals surface area (Å²) in [5.41, 5.74) is 4.68. The van der Waals surface area contributed by atoms with Gasteiger partial charge in [0.1, 0.15) is 4.33 Å². The highest BCUT2D eigenvalue weighted by molar-refractivity contribution is 6.53. The summed E-state index contributed by atoms with van der Waals surface area (Å²) in [6, 6.07) is 22.8. The van der Waals surface area contributed by atoms with E-state index in [-0.39, 0.29) is 10.6 Å². The molecule has 3 N–H and O–H groups in total. The second-order valence-electron chi connectivity index (χ2n) is 9.98. The van der Waals surface area contributed by atoms with Gasteiger partial charge in [-0.15, -0.1) is 23.2 Å². The van der Waals surface area contributed by atoms with Gasteiger partial charge in [0.25, 0.3) is 5.91 Å². The fourth-order valence-electron chi connectivity index (χ4n) is 4.73. The van der Waals surface area contributed by atoms with E-state index in [4.69, 9.17) is 69.6 Å². The Balaban J connectivity index is 1.25. The van der Waals surface area contributed by atoms with Gasteiger partial charge in [-0.1, -0.05) is 58.5 Å². The molecule has 1 fully saturated rings. The van der Waals surface area contributed by atoms with Crippen LogP contribution in [-0.4, -0.2) is 16.1 Å². The highest BCUT2D eigenvalue weighted by atomic mass is 35.5. The molecule has 216 valence electrons. The zero-order valence-corrected chi connectivity index (χ0v) is 26.5. The van der Waals surface area contributed by atoms with Crippen molar-refractivity contribution in [2.75, 3.05) is 16.0 Å². The zero-order chi connectivity index (χ0) is 30.2. The molecule has 0 aliphatic heterocycles. The van der Waals surface area contributed by atoms with Gasteiger partial charge in [0.2, 0.25) is 5.91 Å². The van der Waals surface area contributed by atoms with Crippen LogP contribution in [0.1, 0.15) is 33.0 Å². The number of amides is 2. The molecule has 0 heterocycles. The van der Waals surface area contributed by atoms with Gasteiger partial charge in [0.15, 0.2) is 0 Å². The molecule has 42 heavy (non-hydrogen) atoms. The largest absolute Gasteiger partial charge is 0.381 e. The smallest absolute Gasteiger partial charge is 0.257 e. The van der Waals surface area contributed by atoms with Crippen LogP contribution < -0.4 is 16.0 Å². The van der Waals surface area contributed by atoms with Crippen LogP contribution in [0, 0.1) is 12.8 Å². The van der Waals surface area contributed by atoms with E-state index in [0.717, 1.165) is 16.8 Å². The van der Waals surface area contributed by atoms with Crippen LogP contribution in [0.4, 0.5) is 17.1 Å². The molecule has 2 unspecified atom stereocenters. The molecule has 1 aliphatic rings. The van der Waals surface area contributed by atoms with Crippen molar-refractivity contribution in [2.24, 2.45) is 5.92 Å². The van der Waals surface area contributed by atoms with E-state index in [1.807, 2.05) is 49.4 Å². The van der Waals surface area contributed by atoms with Crippen LogP contribution in [0.3, 0.4) is 0 Å². The van der Waals surface area contributed by atoms with Crippen molar-refractivity contribution < 1.29 is 9.59 Å². The number of aryl methyl sites for hydroxylation is 1. The van der Waals surface area contributed by atoms with Gasteiger partial charge < -0.3 is 16.0 Å². The van der Waals surface area contributed by atoms with Crippen molar-refractivity contribution in [2.45, 2.75) is 23.7 Å². The second-order valence-corrected chi connectivity index (χ2v) is 13.1. The Kier molecular flexibility index (Phi) is 9.19. The lowest BCUT2D eigenvalue weighted by atomic mass is 10.1. The van der Waals surface area contributed by atoms with Crippen LogP contribution in [0.2, 0.25) is 20.1 Å². The molecule has 0 aromatic heterocycles. The minimum atomic E-state index is -1.34. The minimum absolute atomic E-state index is 0.191. The quantitative estimate of drug-likeness (QED) is 0.162. The third kappa shape index (κ3) is 6.94. The van der Waals surface area contributed by atoms with Gasteiger partial charge in [0.05, 0.1) is 16.5 Å².